The number of benzene rings is 3. The topological polar surface area (TPSA) is 38.3 Å². The van der Waals surface area contributed by atoms with Gasteiger partial charge >= 0.3 is 216 Å². The number of rotatable bonds is 9. The summed E-state index contributed by atoms with van der Waals surface area (Å²) >= 11 is 0. The van der Waals surface area contributed by atoms with Crippen LogP contribution in [0.15, 0.2) is 91.0 Å². The van der Waals surface area contributed by atoms with Crippen LogP contribution in [0.1, 0.15) is 32.1 Å². The second-order valence-corrected chi connectivity index (χ2v) is 14.1. The van der Waals surface area contributed by atoms with E-state index >= 15 is 0 Å². The SMILES string of the molecule is O=C(NCCC[PH](c1ccccc1)(c1ccccc1)c1ccccc1)OC[C@@H]1[C@@H]2CCC#CCC[C@@H]21. The van der Waals surface area contributed by atoms with Crippen LogP contribution in [0, 0.1) is 29.6 Å². The van der Waals surface area contributed by atoms with Crippen LogP contribution in [0.2, 0.25) is 0 Å². The van der Waals surface area contributed by atoms with E-state index in [2.05, 4.69) is 108 Å². The summed E-state index contributed by atoms with van der Waals surface area (Å²) in [7, 11) is -2.26. The first-order chi connectivity index (χ1) is 17.8. The van der Waals surface area contributed by atoms with Crippen molar-refractivity contribution in [3.63, 3.8) is 0 Å². The molecule has 0 aliphatic heterocycles. The van der Waals surface area contributed by atoms with Crippen molar-refractivity contribution < 1.29 is 9.53 Å². The van der Waals surface area contributed by atoms with Crippen molar-refractivity contribution in [2.75, 3.05) is 19.3 Å². The molecule has 186 valence electrons. The van der Waals surface area contributed by atoms with E-state index in [4.69, 9.17) is 4.74 Å². The molecule has 1 amide bonds. The summed E-state index contributed by atoms with van der Waals surface area (Å²) in [6.07, 6.45) is 5.90. The molecule has 0 spiro atoms. The molecule has 0 aromatic heterocycles. The number of fused-ring (bicyclic) bond motifs is 1. The Morgan fingerprint density at radius 3 is 1.72 bits per heavy atom. The fraction of sp³-hybridized carbons (Fsp3) is 0.344. The van der Waals surface area contributed by atoms with Crippen molar-refractivity contribution in [1.29, 1.82) is 0 Å². The van der Waals surface area contributed by atoms with E-state index in [9.17, 15) is 4.79 Å². The summed E-state index contributed by atoms with van der Waals surface area (Å²) in [6.45, 7) is 1.16. The first kappa shape index (κ1) is 24.6. The molecule has 3 atom stereocenters. The van der Waals surface area contributed by atoms with Crippen molar-refractivity contribution >= 4 is 29.3 Å². The van der Waals surface area contributed by atoms with Crippen LogP contribution in [0.4, 0.5) is 4.79 Å². The number of hydrogen-bond acceptors (Lipinski definition) is 2. The number of nitrogens with one attached hydrogen (secondary N) is 1. The first-order valence-electron chi connectivity index (χ1n) is 13.3. The fourth-order valence-corrected chi connectivity index (χ4v) is 11.0. The Labute approximate surface area is 216 Å². The molecule has 36 heavy (non-hydrogen) atoms. The van der Waals surface area contributed by atoms with Gasteiger partial charge in [0.2, 0.25) is 0 Å². The summed E-state index contributed by atoms with van der Waals surface area (Å²) in [5.41, 5.74) is 0. The van der Waals surface area contributed by atoms with Crippen LogP contribution in [0.5, 0.6) is 0 Å². The van der Waals surface area contributed by atoms with E-state index in [1.165, 1.54) is 15.9 Å². The predicted molar refractivity (Wildman–Crippen MR) is 152 cm³/mol. The molecule has 2 aliphatic rings. The third kappa shape index (κ3) is 5.50. The molecular weight excluding hydrogens is 461 g/mol. The molecule has 1 saturated carbocycles. The Morgan fingerprint density at radius 1 is 0.778 bits per heavy atom. The van der Waals surface area contributed by atoms with Crippen molar-refractivity contribution in [1.82, 2.24) is 5.32 Å². The standard InChI is InChI=1S/C32H36NO2P/c34-32(35-25-31-29-21-12-1-2-13-22-30(29)31)33-23-14-24-36(26-15-6-3-7-16-26,27-17-8-4-9-18-27)28-19-10-5-11-20-28/h3-11,15-20,29-31,36H,12-14,21-25H2,(H,33,34)/t29-,30+,31-. The average molecular weight is 498 g/mol. The number of carbonyl (C=O) groups is 1. The molecule has 0 unspecified atom stereocenters. The number of amides is 1. The maximum absolute atomic E-state index is 12.5. The molecule has 1 N–H and O–H groups in total. The van der Waals surface area contributed by atoms with Gasteiger partial charge in [-0.15, -0.1) is 0 Å². The second-order valence-electron chi connectivity index (χ2n) is 10.1. The quantitative estimate of drug-likeness (QED) is 0.249. The summed E-state index contributed by atoms with van der Waals surface area (Å²) in [5.74, 6) is 8.40. The van der Waals surface area contributed by atoms with Crippen LogP contribution in [0.25, 0.3) is 0 Å². The Hall–Kier alpha value is -3.08. The molecular formula is C32H36NO2P. The zero-order chi connectivity index (χ0) is 24.6. The molecule has 4 heteroatoms. The van der Waals surface area contributed by atoms with Gasteiger partial charge in [-0.25, -0.2) is 0 Å². The number of ether oxygens (including phenoxy) is 1. The summed E-state index contributed by atoms with van der Waals surface area (Å²) in [4.78, 5) is 12.5. The summed E-state index contributed by atoms with van der Waals surface area (Å²) < 4.78 is 5.65. The second kappa shape index (κ2) is 11.8. The van der Waals surface area contributed by atoms with Gasteiger partial charge in [0.05, 0.1) is 0 Å². The summed E-state index contributed by atoms with van der Waals surface area (Å²) in [6, 6.07) is 32.8. The summed E-state index contributed by atoms with van der Waals surface area (Å²) in [5, 5.41) is 7.24. The van der Waals surface area contributed by atoms with Gasteiger partial charge in [0.15, 0.2) is 0 Å². The van der Waals surface area contributed by atoms with Crippen molar-refractivity contribution in [3.8, 4) is 11.8 Å². The fourth-order valence-electron chi connectivity index (χ4n) is 6.15. The molecule has 2 aliphatic carbocycles. The molecule has 5 rings (SSSR count). The van der Waals surface area contributed by atoms with Crippen molar-refractivity contribution in [2.24, 2.45) is 17.8 Å². The first-order valence-corrected chi connectivity index (χ1v) is 15.5. The minimum absolute atomic E-state index is 0.281. The monoisotopic (exact) mass is 497 g/mol. The van der Waals surface area contributed by atoms with Crippen LogP contribution in [-0.4, -0.2) is 25.4 Å². The average Bonchev–Trinajstić information content (AvgIpc) is 3.58. The van der Waals surface area contributed by atoms with Gasteiger partial charge in [0.25, 0.3) is 0 Å². The van der Waals surface area contributed by atoms with E-state index in [1.54, 1.807) is 0 Å². The third-order valence-corrected chi connectivity index (χ3v) is 13.1. The minimum atomic E-state index is -2.26. The third-order valence-electron chi connectivity index (χ3n) is 8.04. The Kier molecular flexibility index (Phi) is 8.04. The van der Waals surface area contributed by atoms with E-state index < -0.39 is 7.26 Å². The van der Waals surface area contributed by atoms with Crippen molar-refractivity contribution in [2.45, 2.75) is 32.1 Å². The van der Waals surface area contributed by atoms with Gasteiger partial charge in [-0.2, -0.15) is 0 Å². The van der Waals surface area contributed by atoms with E-state index in [1.807, 2.05) is 0 Å². The zero-order valence-electron chi connectivity index (χ0n) is 20.9. The molecule has 3 aromatic rings. The predicted octanol–water partition coefficient (Wildman–Crippen LogP) is 5.27. The van der Waals surface area contributed by atoms with E-state index in [-0.39, 0.29) is 6.09 Å². The Bertz CT molecular complexity index is 1070. The molecule has 0 saturated heterocycles. The van der Waals surface area contributed by atoms with Crippen LogP contribution < -0.4 is 21.2 Å². The van der Waals surface area contributed by atoms with E-state index in [0.717, 1.165) is 38.3 Å². The molecule has 0 bridgehead atoms. The maximum atomic E-state index is 12.5. The molecule has 1 fully saturated rings. The van der Waals surface area contributed by atoms with Crippen LogP contribution >= 0.6 is 7.26 Å². The number of hydrogen-bond donors (Lipinski definition) is 1. The number of alkyl carbamates (subject to hydrolysis) is 1. The normalized spacial score (nSPS) is 21.1. The van der Waals surface area contributed by atoms with Crippen LogP contribution in [-0.2, 0) is 4.74 Å². The molecule has 0 heterocycles. The van der Waals surface area contributed by atoms with E-state index in [0.29, 0.717) is 30.9 Å². The van der Waals surface area contributed by atoms with Gasteiger partial charge in [-0.1, -0.05) is 0 Å². The Balaban J connectivity index is 1.23. The molecule has 3 nitrogen and oxygen atoms in total. The van der Waals surface area contributed by atoms with Crippen molar-refractivity contribution in [3.05, 3.63) is 91.0 Å². The van der Waals surface area contributed by atoms with Crippen LogP contribution in [0.3, 0.4) is 0 Å². The van der Waals surface area contributed by atoms with Gasteiger partial charge in [-0.05, 0) is 0 Å². The Morgan fingerprint density at radius 2 is 1.25 bits per heavy atom. The zero-order valence-corrected chi connectivity index (χ0v) is 21.9. The number of carbonyl (C=O) groups excluding carboxylic acids is 1. The van der Waals surface area contributed by atoms with Gasteiger partial charge in [0.1, 0.15) is 0 Å². The van der Waals surface area contributed by atoms with Gasteiger partial charge in [-0.3, -0.25) is 0 Å². The molecule has 3 aromatic carbocycles. The van der Waals surface area contributed by atoms with Gasteiger partial charge in [0, 0.05) is 0 Å². The van der Waals surface area contributed by atoms with Gasteiger partial charge < -0.3 is 0 Å². The molecule has 0 radical (unpaired) electrons.